The standard InChI is InChI=1S/C47H54N12O4/c1-29-24-32(6-12-37(29)30(2)50-43(61)44-52-45(55-63-44)47(3,4)5)41-38-25-33(26-49-42(38)54-53-41)39-13-11-36(27-48-39)58-22-20-56(21-23-58)28-31-14-17-57(18-15-31)34-7-9-35(10-8-34)59-19-16-40(60)51-46(59)62/h6-13,24-27,30-31H,14-23,28H2,1-5H3,(H,50,61)(H,49,53,54)(H,51,60,62)/t30-/m1/s1. The van der Waals surface area contributed by atoms with Crippen LogP contribution < -0.4 is 25.3 Å². The molecule has 2 aromatic carbocycles. The van der Waals surface area contributed by atoms with Gasteiger partial charge in [0.25, 0.3) is 0 Å². The average Bonchev–Trinajstić information content (AvgIpc) is 3.96. The van der Waals surface area contributed by atoms with E-state index >= 15 is 0 Å². The predicted octanol–water partition coefficient (Wildman–Crippen LogP) is 6.65. The van der Waals surface area contributed by atoms with E-state index in [2.05, 4.69) is 87.1 Å². The van der Waals surface area contributed by atoms with Crippen molar-refractivity contribution in [3.63, 3.8) is 0 Å². The van der Waals surface area contributed by atoms with Gasteiger partial charge in [-0.2, -0.15) is 10.1 Å². The molecule has 3 N–H and O–H groups in total. The van der Waals surface area contributed by atoms with Crippen molar-refractivity contribution < 1.29 is 18.9 Å². The van der Waals surface area contributed by atoms with E-state index < -0.39 is 5.91 Å². The highest BCUT2D eigenvalue weighted by Gasteiger charge is 2.28. The van der Waals surface area contributed by atoms with Gasteiger partial charge in [-0.1, -0.05) is 38.1 Å². The Balaban J connectivity index is 0.767. The number of carbonyl (C=O) groups excluding carboxylic acids is 3. The number of piperazine rings is 1. The van der Waals surface area contributed by atoms with Crippen LogP contribution in [0.15, 0.2) is 77.6 Å². The molecule has 6 aromatic rings. The van der Waals surface area contributed by atoms with Crippen LogP contribution >= 0.6 is 0 Å². The van der Waals surface area contributed by atoms with Gasteiger partial charge in [0, 0.05) is 98.3 Å². The van der Waals surface area contributed by atoms with Crippen molar-refractivity contribution in [3.05, 3.63) is 95.9 Å². The van der Waals surface area contributed by atoms with E-state index in [1.54, 1.807) is 4.90 Å². The SMILES string of the molecule is Cc1cc(-c2[nH]nc3ncc(-c4ccc(N5CCN(CC6CCN(c7ccc(N8CCC(=O)NC8=O)cc7)CC6)CC5)cn4)cc23)ccc1[C@@H](C)NC(=O)c1nc(C(C)(C)C)no1. The zero-order chi connectivity index (χ0) is 43.8. The van der Waals surface area contributed by atoms with Gasteiger partial charge in [-0.25, -0.2) is 9.78 Å². The zero-order valence-electron chi connectivity index (χ0n) is 36.5. The van der Waals surface area contributed by atoms with Crippen molar-refractivity contribution in [1.29, 1.82) is 0 Å². The van der Waals surface area contributed by atoms with Crippen molar-refractivity contribution in [2.24, 2.45) is 5.92 Å². The molecule has 0 aliphatic carbocycles. The minimum Gasteiger partial charge on any atom is -0.372 e. The number of nitrogens with one attached hydrogen (secondary N) is 3. The number of aromatic amines is 1. The Bertz CT molecular complexity index is 2620. The maximum Gasteiger partial charge on any atom is 0.328 e. The van der Waals surface area contributed by atoms with Crippen LogP contribution in [-0.4, -0.2) is 105 Å². The van der Waals surface area contributed by atoms with Crippen LogP contribution in [0.1, 0.15) is 80.6 Å². The summed E-state index contributed by atoms with van der Waals surface area (Å²) in [6.07, 6.45) is 6.42. The molecule has 3 saturated heterocycles. The van der Waals surface area contributed by atoms with E-state index in [0.29, 0.717) is 30.4 Å². The average molecular weight is 851 g/mol. The molecule has 63 heavy (non-hydrogen) atoms. The van der Waals surface area contributed by atoms with Gasteiger partial charge in [0.15, 0.2) is 11.5 Å². The Morgan fingerprint density at radius 3 is 2.27 bits per heavy atom. The summed E-state index contributed by atoms with van der Waals surface area (Å²) in [5, 5.41) is 18.0. The zero-order valence-corrected chi connectivity index (χ0v) is 36.5. The van der Waals surface area contributed by atoms with Gasteiger partial charge in [0.05, 0.1) is 29.3 Å². The second kappa shape index (κ2) is 17.2. The number of hydrogen-bond acceptors (Lipinski definition) is 12. The molecular weight excluding hydrogens is 797 g/mol. The number of aryl methyl sites for hydroxylation is 1. The van der Waals surface area contributed by atoms with Crippen LogP contribution in [0.25, 0.3) is 33.5 Å². The first-order valence-electron chi connectivity index (χ1n) is 21.9. The number of fused-ring (bicyclic) bond motifs is 1. The molecule has 4 amide bonds. The lowest BCUT2D eigenvalue weighted by Gasteiger charge is -2.40. The highest BCUT2D eigenvalue weighted by molar-refractivity contribution is 6.05. The summed E-state index contributed by atoms with van der Waals surface area (Å²) in [6, 6.07) is 19.9. The molecule has 0 radical (unpaired) electrons. The third kappa shape index (κ3) is 8.98. The van der Waals surface area contributed by atoms with E-state index in [1.165, 1.54) is 5.69 Å². The molecule has 3 fully saturated rings. The molecule has 4 aromatic heterocycles. The maximum atomic E-state index is 12.9. The summed E-state index contributed by atoms with van der Waals surface area (Å²) in [5.74, 6) is 0.473. The van der Waals surface area contributed by atoms with Crippen LogP contribution in [0.4, 0.5) is 21.9 Å². The lowest BCUT2D eigenvalue weighted by atomic mass is 9.95. The third-order valence-corrected chi connectivity index (χ3v) is 12.6. The normalized spacial score (nSPS) is 17.3. The Hall–Kier alpha value is -6.68. The molecular formula is C47H54N12O4. The van der Waals surface area contributed by atoms with Gasteiger partial charge in [0.2, 0.25) is 5.91 Å². The van der Waals surface area contributed by atoms with E-state index in [1.807, 2.05) is 71.3 Å². The number of H-pyrrole nitrogens is 1. The quantitative estimate of drug-likeness (QED) is 0.134. The van der Waals surface area contributed by atoms with Crippen molar-refractivity contribution in [1.82, 2.24) is 45.8 Å². The first kappa shape index (κ1) is 41.7. The summed E-state index contributed by atoms with van der Waals surface area (Å²) in [6.45, 7) is 17.4. The molecule has 3 aliphatic rings. The van der Waals surface area contributed by atoms with Crippen LogP contribution in [0.3, 0.4) is 0 Å². The minimum atomic E-state index is -0.411. The number of rotatable bonds is 10. The van der Waals surface area contributed by atoms with E-state index in [-0.39, 0.29) is 29.3 Å². The van der Waals surface area contributed by atoms with Crippen molar-refractivity contribution in [2.75, 3.05) is 67.1 Å². The number of piperidine rings is 1. The van der Waals surface area contributed by atoms with E-state index in [9.17, 15) is 14.4 Å². The van der Waals surface area contributed by atoms with Crippen molar-refractivity contribution in [2.45, 2.75) is 65.3 Å². The predicted molar refractivity (Wildman–Crippen MR) is 242 cm³/mol. The molecule has 16 nitrogen and oxygen atoms in total. The topological polar surface area (TPSA) is 182 Å². The molecule has 1 atom stereocenters. The fraction of sp³-hybridized carbons (Fsp3) is 0.404. The second-order valence-corrected chi connectivity index (χ2v) is 18.0. The largest absolute Gasteiger partial charge is 0.372 e. The monoisotopic (exact) mass is 850 g/mol. The molecule has 0 unspecified atom stereocenters. The number of amides is 4. The summed E-state index contributed by atoms with van der Waals surface area (Å²) in [5.41, 5.74) is 8.99. The lowest BCUT2D eigenvalue weighted by molar-refractivity contribution is -0.120. The number of nitrogens with zero attached hydrogens (tertiary/aromatic N) is 9. The summed E-state index contributed by atoms with van der Waals surface area (Å²) >= 11 is 0. The van der Waals surface area contributed by atoms with Gasteiger partial charge < -0.3 is 19.6 Å². The number of pyridine rings is 2. The van der Waals surface area contributed by atoms with Gasteiger partial charge in [-0.05, 0) is 92.3 Å². The second-order valence-electron chi connectivity index (χ2n) is 18.0. The van der Waals surface area contributed by atoms with Gasteiger partial charge in [-0.15, -0.1) is 0 Å². The number of hydrogen-bond donors (Lipinski definition) is 3. The fourth-order valence-electron chi connectivity index (χ4n) is 8.86. The highest BCUT2D eigenvalue weighted by Crippen LogP contribution is 2.32. The smallest absolute Gasteiger partial charge is 0.328 e. The van der Waals surface area contributed by atoms with Crippen molar-refractivity contribution in [3.8, 4) is 22.5 Å². The molecule has 3 aliphatic heterocycles. The minimum absolute atomic E-state index is 0.0500. The molecule has 0 spiro atoms. The van der Waals surface area contributed by atoms with Gasteiger partial charge >= 0.3 is 17.8 Å². The first-order chi connectivity index (χ1) is 30.4. The number of urea groups is 1. The third-order valence-electron chi connectivity index (χ3n) is 12.6. The number of anilines is 3. The van der Waals surface area contributed by atoms with E-state index in [4.69, 9.17) is 9.51 Å². The first-order valence-corrected chi connectivity index (χ1v) is 21.9. The molecule has 326 valence electrons. The number of benzene rings is 2. The molecule has 16 heteroatoms. The van der Waals surface area contributed by atoms with Crippen LogP contribution in [0.5, 0.6) is 0 Å². The fourth-order valence-corrected chi connectivity index (χ4v) is 8.86. The molecule has 0 saturated carbocycles. The maximum absolute atomic E-state index is 12.9. The van der Waals surface area contributed by atoms with Gasteiger partial charge in [0.1, 0.15) is 0 Å². The molecule has 0 bridgehead atoms. The Labute approximate surface area is 366 Å². The summed E-state index contributed by atoms with van der Waals surface area (Å²) in [7, 11) is 0. The molecule has 7 heterocycles. The van der Waals surface area contributed by atoms with Crippen molar-refractivity contribution >= 4 is 45.9 Å². The summed E-state index contributed by atoms with van der Waals surface area (Å²) < 4.78 is 5.25. The number of imide groups is 1. The number of carbonyl (C=O) groups is 3. The Morgan fingerprint density at radius 1 is 0.857 bits per heavy atom. The van der Waals surface area contributed by atoms with E-state index in [0.717, 1.165) is 109 Å². The Kier molecular flexibility index (Phi) is 11.4. The highest BCUT2D eigenvalue weighted by atomic mass is 16.5. The number of aromatic nitrogens is 6. The lowest BCUT2D eigenvalue weighted by Crippen LogP contribution is -2.49. The van der Waals surface area contributed by atoms with Gasteiger partial charge in [-0.3, -0.25) is 34.8 Å². The van der Waals surface area contributed by atoms with Crippen LogP contribution in [-0.2, 0) is 10.2 Å². The summed E-state index contributed by atoms with van der Waals surface area (Å²) in [4.78, 5) is 59.7. The molecule has 9 rings (SSSR count). The Morgan fingerprint density at radius 2 is 1.59 bits per heavy atom. The van der Waals surface area contributed by atoms with Crippen LogP contribution in [0.2, 0.25) is 0 Å². The van der Waals surface area contributed by atoms with Crippen LogP contribution in [0, 0.1) is 12.8 Å².